The summed E-state index contributed by atoms with van der Waals surface area (Å²) in [6.45, 7) is 2.70. The van der Waals surface area contributed by atoms with Crippen LogP contribution in [0.15, 0.2) is 34.7 Å². The van der Waals surface area contributed by atoms with Crippen LogP contribution < -0.4 is 4.90 Å². The summed E-state index contributed by atoms with van der Waals surface area (Å²) in [6.07, 6.45) is 1.52. The Morgan fingerprint density at radius 1 is 1.35 bits per heavy atom. The van der Waals surface area contributed by atoms with Crippen LogP contribution in [0.25, 0.3) is 0 Å². The van der Waals surface area contributed by atoms with E-state index in [1.54, 1.807) is 9.58 Å². The number of hydrogen-bond donors (Lipinski definition) is 1. The van der Waals surface area contributed by atoms with Crippen molar-refractivity contribution in [1.82, 2.24) is 14.7 Å². The van der Waals surface area contributed by atoms with E-state index in [0.717, 1.165) is 19.5 Å². The molecule has 122 valence electrons. The van der Waals surface area contributed by atoms with E-state index < -0.39 is 0 Å². The van der Waals surface area contributed by atoms with Crippen molar-refractivity contribution in [2.75, 3.05) is 13.6 Å². The molecular weight excluding hydrogens is 312 g/mol. The zero-order chi connectivity index (χ0) is 16.2. The Balaban J connectivity index is 1.62. The zero-order valence-corrected chi connectivity index (χ0v) is 14.0. The van der Waals surface area contributed by atoms with Crippen LogP contribution in [-0.2, 0) is 24.6 Å². The number of rotatable bonds is 6. The predicted molar refractivity (Wildman–Crippen MR) is 87.0 cm³/mol. The van der Waals surface area contributed by atoms with Crippen molar-refractivity contribution in [2.24, 2.45) is 0 Å². The molecule has 1 N–H and O–H groups in total. The Labute approximate surface area is 140 Å². The summed E-state index contributed by atoms with van der Waals surface area (Å²) >= 11 is 5.24. The van der Waals surface area contributed by atoms with Crippen molar-refractivity contribution < 1.29 is 14.1 Å². The van der Waals surface area contributed by atoms with Crippen LogP contribution in [0.3, 0.4) is 0 Å². The molecule has 1 aliphatic rings. The van der Waals surface area contributed by atoms with Gasteiger partial charge in [0.25, 0.3) is 4.84 Å². The number of benzene rings is 1. The first-order valence-corrected chi connectivity index (χ1v) is 8.22. The highest BCUT2D eigenvalue weighted by molar-refractivity contribution is 7.71. The lowest BCUT2D eigenvalue weighted by Crippen LogP contribution is -3.07. The first kappa shape index (κ1) is 15.9. The molecule has 0 saturated carbocycles. The molecule has 0 spiro atoms. The number of aromatic nitrogens is 2. The number of carbonyl (C=O) groups is 1. The number of carbonyl (C=O) groups excluding carboxylic acids is 1. The van der Waals surface area contributed by atoms with Gasteiger partial charge in [-0.05, 0) is 18.6 Å². The van der Waals surface area contributed by atoms with Crippen LogP contribution in [0.2, 0.25) is 0 Å². The third-order valence-corrected chi connectivity index (χ3v) is 4.21. The summed E-state index contributed by atoms with van der Waals surface area (Å²) in [6, 6.07) is 10.3. The van der Waals surface area contributed by atoms with E-state index in [2.05, 4.69) is 24.3 Å². The van der Waals surface area contributed by atoms with Crippen LogP contribution in [0.4, 0.5) is 0 Å². The summed E-state index contributed by atoms with van der Waals surface area (Å²) in [7, 11) is 2.09. The number of amides is 1. The first-order valence-electron chi connectivity index (χ1n) is 7.81. The first-order chi connectivity index (χ1) is 11.1. The minimum absolute atomic E-state index is 0.160. The maximum Gasteiger partial charge on any atom is 0.291 e. The molecule has 1 aromatic heterocycles. The Kier molecular flexibility index (Phi) is 4.88. The number of nitrogens with zero attached hydrogens (tertiary/aromatic N) is 3. The highest BCUT2D eigenvalue weighted by atomic mass is 32.1. The quantitative estimate of drug-likeness (QED) is 0.802. The molecule has 1 unspecified atom stereocenters. The summed E-state index contributed by atoms with van der Waals surface area (Å²) < 4.78 is 7.23. The van der Waals surface area contributed by atoms with Crippen molar-refractivity contribution in [2.45, 2.75) is 32.6 Å². The highest BCUT2D eigenvalue weighted by Crippen LogP contribution is 2.13. The molecule has 1 atom stereocenters. The Bertz CT molecular complexity index is 725. The Hall–Kier alpha value is -1.99. The van der Waals surface area contributed by atoms with Crippen LogP contribution in [-0.4, -0.2) is 34.2 Å². The van der Waals surface area contributed by atoms with Crippen molar-refractivity contribution >= 4 is 18.1 Å². The fraction of sp³-hybridized carbons (Fsp3) is 0.438. The van der Waals surface area contributed by atoms with Crippen molar-refractivity contribution in [1.29, 1.82) is 0 Å². The fourth-order valence-electron chi connectivity index (χ4n) is 2.80. The van der Waals surface area contributed by atoms with Crippen molar-refractivity contribution in [3.63, 3.8) is 0 Å². The Morgan fingerprint density at radius 2 is 2.13 bits per heavy atom. The second kappa shape index (κ2) is 7.06. The molecule has 0 aliphatic carbocycles. The lowest BCUT2D eigenvalue weighted by Gasteiger charge is -2.13. The van der Waals surface area contributed by atoms with Crippen LogP contribution in [0, 0.1) is 4.84 Å². The molecule has 1 amide bonds. The maximum atomic E-state index is 11.7. The van der Waals surface area contributed by atoms with Gasteiger partial charge in [-0.15, -0.1) is 5.10 Å². The van der Waals surface area contributed by atoms with Gasteiger partial charge in [0.05, 0.1) is 13.6 Å². The number of hydrogen-bond acceptors (Lipinski definition) is 4. The average molecular weight is 333 g/mol. The molecule has 23 heavy (non-hydrogen) atoms. The standard InChI is InChI=1S/C16H20N4O2S/c1-18(10-13-6-3-2-4-7-13)12-20-16(23)22-14(17-20)11-19-9-5-8-15(19)21/h2-4,6-7H,5,8-12H2,1H3/p+1. The molecule has 1 fully saturated rings. The zero-order valence-electron chi connectivity index (χ0n) is 13.2. The van der Waals surface area contributed by atoms with E-state index in [4.69, 9.17) is 16.6 Å². The average Bonchev–Trinajstić information content (AvgIpc) is 3.07. The summed E-state index contributed by atoms with van der Waals surface area (Å²) in [5.74, 6) is 0.672. The molecule has 3 rings (SSSR count). The van der Waals surface area contributed by atoms with Crippen molar-refractivity contribution in [3.8, 4) is 0 Å². The maximum absolute atomic E-state index is 11.7. The predicted octanol–water partition coefficient (Wildman–Crippen LogP) is 1.00. The van der Waals surface area contributed by atoms with Gasteiger partial charge in [0.2, 0.25) is 11.8 Å². The van der Waals surface area contributed by atoms with Gasteiger partial charge in [-0.3, -0.25) is 4.79 Å². The highest BCUT2D eigenvalue weighted by Gasteiger charge is 2.22. The number of quaternary nitrogens is 1. The molecule has 6 nitrogen and oxygen atoms in total. The van der Waals surface area contributed by atoms with Crippen LogP contribution in [0.1, 0.15) is 24.3 Å². The fourth-order valence-corrected chi connectivity index (χ4v) is 3.01. The molecule has 0 bridgehead atoms. The van der Waals surface area contributed by atoms with Crippen LogP contribution >= 0.6 is 12.2 Å². The minimum atomic E-state index is 0.160. The second-order valence-electron chi connectivity index (χ2n) is 5.96. The van der Waals surface area contributed by atoms with Gasteiger partial charge in [-0.25, -0.2) is 0 Å². The molecule has 7 heteroatoms. The smallest absolute Gasteiger partial charge is 0.291 e. The van der Waals surface area contributed by atoms with Gasteiger partial charge >= 0.3 is 0 Å². The Morgan fingerprint density at radius 3 is 2.83 bits per heavy atom. The molecule has 1 aromatic carbocycles. The summed E-state index contributed by atoms with van der Waals surface area (Å²) in [5.41, 5.74) is 1.27. The molecule has 1 aliphatic heterocycles. The minimum Gasteiger partial charge on any atom is -0.412 e. The van der Waals surface area contributed by atoms with E-state index in [1.807, 2.05) is 18.2 Å². The van der Waals surface area contributed by atoms with Gasteiger partial charge in [-0.1, -0.05) is 30.3 Å². The van der Waals surface area contributed by atoms with E-state index in [1.165, 1.54) is 10.5 Å². The molecule has 1 saturated heterocycles. The van der Waals surface area contributed by atoms with E-state index in [-0.39, 0.29) is 5.91 Å². The van der Waals surface area contributed by atoms with E-state index in [0.29, 0.717) is 30.4 Å². The molecule has 2 aromatic rings. The normalized spacial score (nSPS) is 16.0. The third-order valence-electron chi connectivity index (χ3n) is 3.91. The van der Waals surface area contributed by atoms with Gasteiger partial charge in [0, 0.05) is 18.5 Å². The van der Waals surface area contributed by atoms with E-state index in [9.17, 15) is 4.79 Å². The topological polar surface area (TPSA) is 55.7 Å². The number of nitrogens with one attached hydrogen (secondary N) is 1. The van der Waals surface area contributed by atoms with Gasteiger partial charge < -0.3 is 14.2 Å². The SMILES string of the molecule is C[NH+](Cc1ccccc1)Cn1nc(CN2CCCC2=O)oc1=S. The monoisotopic (exact) mass is 333 g/mol. The summed E-state index contributed by atoms with van der Waals surface area (Å²) in [5, 5.41) is 4.42. The molecule has 2 heterocycles. The van der Waals surface area contributed by atoms with Crippen LogP contribution in [0.5, 0.6) is 0 Å². The van der Waals surface area contributed by atoms with Gasteiger partial charge in [0.15, 0.2) is 6.67 Å². The second-order valence-corrected chi connectivity index (χ2v) is 6.31. The largest absolute Gasteiger partial charge is 0.412 e. The molecular formula is C16H21N4O2S+. The third kappa shape index (κ3) is 4.05. The van der Waals surface area contributed by atoms with Gasteiger partial charge in [-0.2, -0.15) is 4.68 Å². The van der Waals surface area contributed by atoms with E-state index >= 15 is 0 Å². The van der Waals surface area contributed by atoms with Gasteiger partial charge in [0.1, 0.15) is 6.54 Å². The lowest BCUT2D eigenvalue weighted by atomic mass is 10.2. The molecule has 0 radical (unpaired) electrons. The summed E-state index contributed by atoms with van der Waals surface area (Å²) in [4.78, 5) is 15.1. The number of likely N-dealkylation sites (tertiary alicyclic amines) is 1. The van der Waals surface area contributed by atoms with Crippen molar-refractivity contribution in [3.05, 3.63) is 46.6 Å². The lowest BCUT2D eigenvalue weighted by molar-refractivity contribution is -0.917.